The van der Waals surface area contributed by atoms with Crippen LogP contribution in [0.1, 0.15) is 19.5 Å². The summed E-state index contributed by atoms with van der Waals surface area (Å²) in [7, 11) is 0. The van der Waals surface area contributed by atoms with Crippen LogP contribution in [0.4, 0.5) is 11.5 Å². The van der Waals surface area contributed by atoms with Crippen LogP contribution in [0, 0.1) is 10.8 Å². The van der Waals surface area contributed by atoms with E-state index in [-0.39, 0.29) is 6.04 Å². The fourth-order valence-corrected chi connectivity index (χ4v) is 4.54. The summed E-state index contributed by atoms with van der Waals surface area (Å²) in [5.74, 6) is 0.716. The van der Waals surface area contributed by atoms with Gasteiger partial charge < -0.3 is 15.6 Å². The average Bonchev–Trinajstić information content (AvgIpc) is 2.96. The summed E-state index contributed by atoms with van der Waals surface area (Å²) in [4.78, 5) is 15.7. The molecule has 4 rings (SSSR count). The second-order valence-corrected chi connectivity index (χ2v) is 8.48. The first kappa shape index (κ1) is 19.2. The van der Waals surface area contributed by atoms with Crippen molar-refractivity contribution in [2.45, 2.75) is 24.8 Å². The highest BCUT2D eigenvalue weighted by Gasteiger charge is 2.33. The summed E-state index contributed by atoms with van der Waals surface area (Å²) in [5.41, 5.74) is 3.50. The Labute approximate surface area is 176 Å². The smallest absolute Gasteiger partial charge is 0.144 e. The number of fused-ring (bicyclic) bond motifs is 1. The molecule has 0 spiro atoms. The molecule has 1 fully saturated rings. The third kappa shape index (κ3) is 3.36. The van der Waals surface area contributed by atoms with Crippen molar-refractivity contribution in [3.8, 4) is 0 Å². The van der Waals surface area contributed by atoms with E-state index >= 15 is 0 Å². The van der Waals surface area contributed by atoms with E-state index in [9.17, 15) is 0 Å². The SMILES string of the molecule is CC(=N)/C(C)=C1\C(=N)Sc2c(NC3CN(c4cc(Cl)ncc4Cl)C3)ncnc21. The first-order chi connectivity index (χ1) is 13.3. The Morgan fingerprint density at radius 2 is 2.00 bits per heavy atom. The van der Waals surface area contributed by atoms with Crippen molar-refractivity contribution in [3.05, 3.63) is 40.0 Å². The summed E-state index contributed by atoms with van der Waals surface area (Å²) >= 11 is 13.5. The van der Waals surface area contributed by atoms with Gasteiger partial charge in [0.15, 0.2) is 0 Å². The van der Waals surface area contributed by atoms with E-state index in [1.807, 2.05) is 6.92 Å². The van der Waals surface area contributed by atoms with Crippen molar-refractivity contribution in [2.24, 2.45) is 0 Å². The molecule has 0 radical (unpaired) electrons. The fraction of sp³-hybridized carbons (Fsp3) is 0.278. The molecular weight excluding hydrogens is 417 g/mol. The largest absolute Gasteiger partial charge is 0.366 e. The maximum absolute atomic E-state index is 8.31. The van der Waals surface area contributed by atoms with Gasteiger partial charge in [-0.25, -0.2) is 15.0 Å². The predicted octanol–water partition coefficient (Wildman–Crippen LogP) is 4.38. The van der Waals surface area contributed by atoms with Crippen LogP contribution < -0.4 is 10.2 Å². The summed E-state index contributed by atoms with van der Waals surface area (Å²) in [6.07, 6.45) is 3.06. The number of aromatic nitrogens is 3. The summed E-state index contributed by atoms with van der Waals surface area (Å²) in [5, 5.41) is 21.0. The van der Waals surface area contributed by atoms with Gasteiger partial charge in [0, 0.05) is 36.6 Å². The van der Waals surface area contributed by atoms with E-state index in [0.29, 0.717) is 32.3 Å². The number of pyridine rings is 1. The van der Waals surface area contributed by atoms with Gasteiger partial charge in [-0.05, 0) is 19.4 Å². The number of thioether (sulfide) groups is 1. The van der Waals surface area contributed by atoms with Crippen LogP contribution in [0.2, 0.25) is 10.2 Å². The number of allylic oxidation sites excluding steroid dienone is 1. The highest BCUT2D eigenvalue weighted by molar-refractivity contribution is 8.15. The molecule has 144 valence electrons. The first-order valence-corrected chi connectivity index (χ1v) is 10.1. The van der Waals surface area contributed by atoms with Crippen LogP contribution in [0.15, 0.2) is 29.1 Å². The molecule has 28 heavy (non-hydrogen) atoms. The van der Waals surface area contributed by atoms with Gasteiger partial charge in [0.05, 0.1) is 27.3 Å². The second-order valence-electron chi connectivity index (χ2n) is 6.66. The first-order valence-electron chi connectivity index (χ1n) is 8.56. The standard InChI is InChI=1S/C18H17Cl2N7S/c1-8(9(2)21)14-15-16(28-17(14)22)18(25-7-24-15)26-10-5-27(6-10)12-3-13(20)23-4-11(12)19/h3-4,7,10,21-22H,5-6H2,1-2H3,(H,24,25,26)/b14-8-,21-9?,22-17?. The molecule has 4 heterocycles. The minimum Gasteiger partial charge on any atom is -0.366 e. The lowest BCUT2D eigenvalue weighted by molar-refractivity contribution is 0.547. The lowest BCUT2D eigenvalue weighted by atomic mass is 10.0. The van der Waals surface area contributed by atoms with Gasteiger partial charge >= 0.3 is 0 Å². The highest BCUT2D eigenvalue weighted by atomic mass is 35.5. The third-order valence-electron chi connectivity index (χ3n) is 4.77. The van der Waals surface area contributed by atoms with Crippen molar-refractivity contribution in [1.29, 1.82) is 10.8 Å². The summed E-state index contributed by atoms with van der Waals surface area (Å²) < 4.78 is 0. The molecule has 2 aliphatic heterocycles. The van der Waals surface area contributed by atoms with E-state index in [0.717, 1.165) is 34.9 Å². The number of nitrogens with one attached hydrogen (secondary N) is 3. The summed E-state index contributed by atoms with van der Waals surface area (Å²) in [6.45, 7) is 5.08. The molecule has 0 aromatic carbocycles. The zero-order chi connectivity index (χ0) is 20.0. The van der Waals surface area contributed by atoms with Crippen LogP contribution in [0.3, 0.4) is 0 Å². The van der Waals surface area contributed by atoms with Crippen LogP contribution in [-0.2, 0) is 0 Å². The van der Waals surface area contributed by atoms with Gasteiger partial charge in [-0.1, -0.05) is 35.0 Å². The zero-order valence-electron chi connectivity index (χ0n) is 15.2. The lowest BCUT2D eigenvalue weighted by Gasteiger charge is -2.42. The molecule has 2 aliphatic rings. The van der Waals surface area contributed by atoms with E-state index in [1.54, 1.807) is 19.2 Å². The second kappa shape index (κ2) is 7.35. The minimum absolute atomic E-state index is 0.190. The van der Waals surface area contributed by atoms with Gasteiger partial charge in [-0.2, -0.15) is 0 Å². The van der Waals surface area contributed by atoms with Crippen molar-refractivity contribution in [1.82, 2.24) is 15.0 Å². The number of rotatable bonds is 4. The molecule has 1 saturated heterocycles. The monoisotopic (exact) mass is 433 g/mol. The quantitative estimate of drug-likeness (QED) is 0.488. The van der Waals surface area contributed by atoms with Crippen LogP contribution in [0.25, 0.3) is 5.57 Å². The number of hydrogen-bond donors (Lipinski definition) is 3. The Balaban J connectivity index is 1.53. The molecule has 0 saturated carbocycles. The third-order valence-corrected chi connectivity index (χ3v) is 6.27. The van der Waals surface area contributed by atoms with Crippen molar-refractivity contribution >= 4 is 62.8 Å². The van der Waals surface area contributed by atoms with E-state index in [2.05, 4.69) is 25.2 Å². The minimum atomic E-state index is 0.190. The van der Waals surface area contributed by atoms with Gasteiger partial charge in [-0.3, -0.25) is 5.41 Å². The maximum atomic E-state index is 8.31. The molecule has 10 heteroatoms. The number of anilines is 2. The van der Waals surface area contributed by atoms with Crippen molar-refractivity contribution in [3.63, 3.8) is 0 Å². The zero-order valence-corrected chi connectivity index (χ0v) is 17.5. The molecule has 7 nitrogen and oxygen atoms in total. The molecule has 2 aromatic rings. The van der Waals surface area contributed by atoms with E-state index in [1.165, 1.54) is 18.1 Å². The fourth-order valence-electron chi connectivity index (χ4n) is 3.15. The number of hydrogen-bond acceptors (Lipinski definition) is 8. The number of halogens is 2. The molecule has 0 amide bonds. The lowest BCUT2D eigenvalue weighted by Crippen LogP contribution is -2.55. The highest BCUT2D eigenvalue weighted by Crippen LogP contribution is 2.44. The molecule has 0 atom stereocenters. The van der Waals surface area contributed by atoms with Crippen LogP contribution in [0.5, 0.6) is 0 Å². The van der Waals surface area contributed by atoms with Gasteiger partial charge in [-0.15, -0.1) is 0 Å². The molecule has 2 aromatic heterocycles. The van der Waals surface area contributed by atoms with Gasteiger partial charge in [0.1, 0.15) is 22.3 Å². The molecule has 0 aliphatic carbocycles. The van der Waals surface area contributed by atoms with Crippen LogP contribution >= 0.6 is 35.0 Å². The van der Waals surface area contributed by atoms with Crippen molar-refractivity contribution in [2.75, 3.05) is 23.3 Å². The summed E-state index contributed by atoms with van der Waals surface area (Å²) in [6, 6.07) is 1.95. The van der Waals surface area contributed by atoms with Crippen LogP contribution in [-0.4, -0.2) is 44.8 Å². The van der Waals surface area contributed by atoms with E-state index in [4.69, 9.17) is 34.0 Å². The topological polar surface area (TPSA) is 102 Å². The molecule has 3 N–H and O–H groups in total. The van der Waals surface area contributed by atoms with Gasteiger partial charge in [0.2, 0.25) is 0 Å². The predicted molar refractivity (Wildman–Crippen MR) is 115 cm³/mol. The number of nitrogens with zero attached hydrogens (tertiary/aromatic N) is 4. The van der Waals surface area contributed by atoms with Gasteiger partial charge in [0.25, 0.3) is 0 Å². The van der Waals surface area contributed by atoms with Crippen molar-refractivity contribution < 1.29 is 0 Å². The average molecular weight is 434 g/mol. The molecule has 0 unspecified atom stereocenters. The maximum Gasteiger partial charge on any atom is 0.144 e. The molecule has 0 bridgehead atoms. The Morgan fingerprint density at radius 1 is 1.25 bits per heavy atom. The Bertz CT molecular complexity index is 1030. The normalized spacial score (nSPS) is 18.0. The Kier molecular flexibility index (Phi) is 5.03. The molecular formula is C18H17Cl2N7S. The van der Waals surface area contributed by atoms with E-state index < -0.39 is 0 Å². The Hall–Kier alpha value is -2.16. The Morgan fingerprint density at radius 3 is 2.71 bits per heavy atom.